The SMILES string of the molecule is CCN(CC)C(=O)Nc1ccc(C(=O)O)cc1N. The number of nitrogens with one attached hydrogen (secondary N) is 1. The monoisotopic (exact) mass is 251 g/mol. The van der Waals surface area contributed by atoms with Crippen LogP contribution in [-0.2, 0) is 0 Å². The molecule has 0 unspecified atom stereocenters. The van der Waals surface area contributed by atoms with Crippen LogP contribution in [0.4, 0.5) is 16.2 Å². The van der Waals surface area contributed by atoms with Crippen molar-refractivity contribution in [2.24, 2.45) is 0 Å². The van der Waals surface area contributed by atoms with Crippen molar-refractivity contribution in [3.63, 3.8) is 0 Å². The summed E-state index contributed by atoms with van der Waals surface area (Å²) in [5, 5.41) is 11.4. The standard InChI is InChI=1S/C12H17N3O3/c1-3-15(4-2)12(18)14-10-6-5-8(11(16)17)7-9(10)13/h5-7H,3-4,13H2,1-2H3,(H,14,18)(H,16,17). The fourth-order valence-electron chi connectivity index (χ4n) is 1.51. The van der Waals surface area contributed by atoms with E-state index in [1.165, 1.54) is 18.2 Å². The first-order valence-corrected chi connectivity index (χ1v) is 5.68. The maximum absolute atomic E-state index is 11.8. The second-order valence-corrected chi connectivity index (χ2v) is 3.71. The zero-order valence-corrected chi connectivity index (χ0v) is 10.4. The Morgan fingerprint density at radius 3 is 2.39 bits per heavy atom. The number of carbonyl (C=O) groups is 2. The Morgan fingerprint density at radius 1 is 1.33 bits per heavy atom. The Hall–Kier alpha value is -2.24. The van der Waals surface area contributed by atoms with Gasteiger partial charge in [-0.2, -0.15) is 0 Å². The Bertz CT molecular complexity index is 456. The molecule has 0 atom stereocenters. The minimum atomic E-state index is -1.05. The Kier molecular flexibility index (Phi) is 4.53. The third-order valence-corrected chi connectivity index (χ3v) is 2.59. The van der Waals surface area contributed by atoms with Gasteiger partial charge >= 0.3 is 12.0 Å². The molecule has 98 valence electrons. The van der Waals surface area contributed by atoms with Crippen molar-refractivity contribution in [1.29, 1.82) is 0 Å². The lowest BCUT2D eigenvalue weighted by Crippen LogP contribution is -2.34. The maximum atomic E-state index is 11.8. The molecule has 0 aliphatic heterocycles. The lowest BCUT2D eigenvalue weighted by Gasteiger charge is -2.19. The van der Waals surface area contributed by atoms with Gasteiger partial charge in [0.2, 0.25) is 0 Å². The highest BCUT2D eigenvalue weighted by Gasteiger charge is 2.12. The molecule has 0 spiro atoms. The number of carbonyl (C=O) groups excluding carboxylic acids is 1. The van der Waals surface area contributed by atoms with E-state index in [0.717, 1.165) is 0 Å². The second-order valence-electron chi connectivity index (χ2n) is 3.71. The third-order valence-electron chi connectivity index (χ3n) is 2.59. The quantitative estimate of drug-likeness (QED) is 0.711. The van der Waals surface area contributed by atoms with Crippen molar-refractivity contribution in [2.45, 2.75) is 13.8 Å². The highest BCUT2D eigenvalue weighted by molar-refractivity contribution is 5.95. The molecule has 0 bridgehead atoms. The van der Waals surface area contributed by atoms with Crippen LogP contribution in [0.1, 0.15) is 24.2 Å². The summed E-state index contributed by atoms with van der Waals surface area (Å²) >= 11 is 0. The summed E-state index contributed by atoms with van der Waals surface area (Å²) < 4.78 is 0. The zero-order chi connectivity index (χ0) is 13.7. The molecular formula is C12H17N3O3. The van der Waals surface area contributed by atoms with Crippen molar-refractivity contribution in [2.75, 3.05) is 24.1 Å². The summed E-state index contributed by atoms with van der Waals surface area (Å²) in [5.41, 5.74) is 6.43. The number of nitrogens with zero attached hydrogens (tertiary/aromatic N) is 1. The van der Waals surface area contributed by atoms with Gasteiger partial charge in [-0.3, -0.25) is 0 Å². The average molecular weight is 251 g/mol. The number of anilines is 2. The Balaban J connectivity index is 2.86. The molecule has 0 saturated heterocycles. The van der Waals surface area contributed by atoms with E-state index >= 15 is 0 Å². The summed E-state index contributed by atoms with van der Waals surface area (Å²) in [4.78, 5) is 24.1. The van der Waals surface area contributed by atoms with Gasteiger partial charge in [0.15, 0.2) is 0 Å². The van der Waals surface area contributed by atoms with Crippen molar-refractivity contribution < 1.29 is 14.7 Å². The number of hydrogen-bond donors (Lipinski definition) is 3. The highest BCUT2D eigenvalue weighted by Crippen LogP contribution is 2.20. The largest absolute Gasteiger partial charge is 0.478 e. The van der Waals surface area contributed by atoms with E-state index in [1.807, 2.05) is 13.8 Å². The van der Waals surface area contributed by atoms with Crippen molar-refractivity contribution >= 4 is 23.4 Å². The van der Waals surface area contributed by atoms with Crippen LogP contribution >= 0.6 is 0 Å². The molecule has 0 fully saturated rings. The smallest absolute Gasteiger partial charge is 0.335 e. The van der Waals surface area contributed by atoms with Crippen molar-refractivity contribution in [3.05, 3.63) is 23.8 Å². The molecule has 0 aliphatic carbocycles. The molecule has 1 aromatic carbocycles. The van der Waals surface area contributed by atoms with Crippen LogP contribution in [0.5, 0.6) is 0 Å². The summed E-state index contributed by atoms with van der Waals surface area (Å²) in [6.45, 7) is 4.94. The maximum Gasteiger partial charge on any atom is 0.335 e. The molecule has 0 aromatic heterocycles. The van der Waals surface area contributed by atoms with E-state index in [2.05, 4.69) is 5.32 Å². The van der Waals surface area contributed by atoms with Gasteiger partial charge in [0.1, 0.15) is 0 Å². The van der Waals surface area contributed by atoms with Crippen molar-refractivity contribution in [3.8, 4) is 0 Å². The van der Waals surface area contributed by atoms with E-state index in [9.17, 15) is 9.59 Å². The van der Waals surface area contributed by atoms with Gasteiger partial charge in [0.05, 0.1) is 16.9 Å². The van der Waals surface area contributed by atoms with Crippen LogP contribution in [0.2, 0.25) is 0 Å². The zero-order valence-electron chi connectivity index (χ0n) is 10.4. The Labute approximate surface area is 105 Å². The number of carboxylic acids is 1. The molecule has 0 radical (unpaired) electrons. The fraction of sp³-hybridized carbons (Fsp3) is 0.333. The molecule has 2 amide bonds. The molecule has 1 rings (SSSR count). The molecule has 0 saturated carbocycles. The number of urea groups is 1. The third kappa shape index (κ3) is 3.13. The second kappa shape index (κ2) is 5.90. The van der Waals surface area contributed by atoms with E-state index in [-0.39, 0.29) is 17.3 Å². The number of nitrogen functional groups attached to an aromatic ring is 1. The minimum absolute atomic E-state index is 0.0911. The van der Waals surface area contributed by atoms with E-state index in [1.54, 1.807) is 4.90 Å². The molecule has 0 heterocycles. The highest BCUT2D eigenvalue weighted by atomic mass is 16.4. The van der Waals surface area contributed by atoms with Gasteiger partial charge in [-0.1, -0.05) is 0 Å². The van der Waals surface area contributed by atoms with Crippen molar-refractivity contribution in [1.82, 2.24) is 4.90 Å². The Morgan fingerprint density at radius 2 is 1.94 bits per heavy atom. The summed E-state index contributed by atoms with van der Waals surface area (Å²) in [7, 11) is 0. The number of nitrogens with two attached hydrogens (primary N) is 1. The molecule has 18 heavy (non-hydrogen) atoms. The topological polar surface area (TPSA) is 95.7 Å². The summed E-state index contributed by atoms with van der Waals surface area (Å²) in [5.74, 6) is -1.05. The molecule has 4 N–H and O–H groups in total. The molecule has 6 nitrogen and oxygen atoms in total. The van der Waals surface area contributed by atoms with E-state index in [0.29, 0.717) is 18.8 Å². The number of benzene rings is 1. The predicted molar refractivity (Wildman–Crippen MR) is 69.8 cm³/mol. The van der Waals surface area contributed by atoms with E-state index in [4.69, 9.17) is 10.8 Å². The summed E-state index contributed by atoms with van der Waals surface area (Å²) in [6, 6.07) is 3.95. The van der Waals surface area contributed by atoms with Crippen LogP contribution in [0.25, 0.3) is 0 Å². The molecule has 6 heteroatoms. The van der Waals surface area contributed by atoms with E-state index < -0.39 is 5.97 Å². The van der Waals surface area contributed by atoms with Crippen LogP contribution in [0.15, 0.2) is 18.2 Å². The number of rotatable bonds is 4. The van der Waals surface area contributed by atoms with Gasteiger partial charge < -0.3 is 21.1 Å². The molecular weight excluding hydrogens is 234 g/mol. The normalized spacial score (nSPS) is 9.89. The first-order valence-electron chi connectivity index (χ1n) is 5.68. The first kappa shape index (κ1) is 13.8. The van der Waals surface area contributed by atoms with Gasteiger partial charge in [0.25, 0.3) is 0 Å². The van der Waals surface area contributed by atoms with Crippen LogP contribution in [-0.4, -0.2) is 35.1 Å². The predicted octanol–water partition coefficient (Wildman–Crippen LogP) is 1.84. The van der Waals surface area contributed by atoms with Gasteiger partial charge in [-0.05, 0) is 32.0 Å². The minimum Gasteiger partial charge on any atom is -0.478 e. The van der Waals surface area contributed by atoms with Crippen LogP contribution < -0.4 is 11.1 Å². The van der Waals surface area contributed by atoms with Crippen LogP contribution in [0, 0.1) is 0 Å². The lowest BCUT2D eigenvalue weighted by atomic mass is 10.2. The number of aromatic carboxylic acids is 1. The number of amides is 2. The number of hydrogen-bond acceptors (Lipinski definition) is 3. The number of carboxylic acid groups (broad SMARTS) is 1. The first-order chi connectivity index (χ1) is 8.49. The fourth-order valence-corrected chi connectivity index (χ4v) is 1.51. The van der Waals surface area contributed by atoms with Gasteiger partial charge in [0, 0.05) is 13.1 Å². The van der Waals surface area contributed by atoms with Crippen LogP contribution in [0.3, 0.4) is 0 Å². The lowest BCUT2D eigenvalue weighted by molar-refractivity contribution is 0.0697. The van der Waals surface area contributed by atoms with Gasteiger partial charge in [-0.25, -0.2) is 9.59 Å². The summed E-state index contributed by atoms with van der Waals surface area (Å²) in [6.07, 6.45) is 0. The molecule has 0 aliphatic rings. The van der Waals surface area contributed by atoms with Gasteiger partial charge in [-0.15, -0.1) is 0 Å². The average Bonchev–Trinajstić information content (AvgIpc) is 2.33. The molecule has 1 aromatic rings.